The van der Waals surface area contributed by atoms with E-state index in [0.717, 1.165) is 42.3 Å². The van der Waals surface area contributed by atoms with Crippen LogP contribution in [0.1, 0.15) is 25.2 Å². The molecule has 0 spiro atoms. The van der Waals surface area contributed by atoms with Gasteiger partial charge in [-0.05, 0) is 37.6 Å². The summed E-state index contributed by atoms with van der Waals surface area (Å²) >= 11 is 12.2. The maximum absolute atomic E-state index is 6.28. The van der Waals surface area contributed by atoms with E-state index in [0.29, 0.717) is 11.1 Å². The fraction of sp³-hybridized carbons (Fsp3) is 0.438. The van der Waals surface area contributed by atoms with Gasteiger partial charge in [0.2, 0.25) is 0 Å². The van der Waals surface area contributed by atoms with Gasteiger partial charge in [-0.2, -0.15) is 0 Å². The van der Waals surface area contributed by atoms with Gasteiger partial charge in [0.1, 0.15) is 5.82 Å². The summed E-state index contributed by atoms with van der Waals surface area (Å²) in [6, 6.07) is 6.00. The fourth-order valence-electron chi connectivity index (χ4n) is 2.50. The molecule has 2 rings (SSSR count). The molecule has 5 heteroatoms. The van der Waals surface area contributed by atoms with Gasteiger partial charge in [-0.3, -0.25) is 0 Å². The first-order valence-corrected chi connectivity index (χ1v) is 8.07. The zero-order chi connectivity index (χ0) is 15.2. The quantitative estimate of drug-likeness (QED) is 0.834. The van der Waals surface area contributed by atoms with Crippen LogP contribution in [-0.4, -0.2) is 22.1 Å². The second kappa shape index (κ2) is 7.83. The average Bonchev–Trinajstić information content (AvgIpc) is 2.89. The molecule has 21 heavy (non-hydrogen) atoms. The number of likely N-dealkylation sites (N-methyl/N-ethyl adjacent to an activating group) is 1. The Labute approximate surface area is 136 Å². The molecule has 0 saturated heterocycles. The van der Waals surface area contributed by atoms with Crippen LogP contribution in [0.25, 0.3) is 0 Å². The number of nitrogens with one attached hydrogen (secondary N) is 1. The molecule has 0 radical (unpaired) electrons. The molecule has 1 unspecified atom stereocenters. The highest BCUT2D eigenvalue weighted by molar-refractivity contribution is 6.35. The van der Waals surface area contributed by atoms with E-state index in [2.05, 4.69) is 28.7 Å². The van der Waals surface area contributed by atoms with Crippen LogP contribution in [-0.2, 0) is 19.4 Å². The smallest absolute Gasteiger partial charge is 0.110 e. The Morgan fingerprint density at radius 3 is 2.71 bits per heavy atom. The SMILES string of the molecule is CCNC(Cc1ccc(Cl)cc1Cl)Cc1nccn1CC. The first-order chi connectivity index (χ1) is 10.1. The van der Waals surface area contributed by atoms with Gasteiger partial charge in [-0.25, -0.2) is 4.98 Å². The van der Waals surface area contributed by atoms with Crippen molar-refractivity contribution >= 4 is 23.2 Å². The zero-order valence-corrected chi connectivity index (χ0v) is 14.0. The van der Waals surface area contributed by atoms with Crippen LogP contribution in [0.15, 0.2) is 30.6 Å². The molecule has 0 fully saturated rings. The Morgan fingerprint density at radius 2 is 2.05 bits per heavy atom. The second-order valence-corrected chi connectivity index (χ2v) is 5.87. The van der Waals surface area contributed by atoms with Crippen molar-refractivity contribution in [1.29, 1.82) is 0 Å². The van der Waals surface area contributed by atoms with Crippen LogP contribution >= 0.6 is 23.2 Å². The van der Waals surface area contributed by atoms with E-state index in [4.69, 9.17) is 23.2 Å². The van der Waals surface area contributed by atoms with Crippen LogP contribution in [0.5, 0.6) is 0 Å². The summed E-state index contributed by atoms with van der Waals surface area (Å²) in [5, 5.41) is 4.92. The van der Waals surface area contributed by atoms with Crippen LogP contribution in [0, 0.1) is 0 Å². The molecule has 0 aliphatic heterocycles. The van der Waals surface area contributed by atoms with E-state index in [1.165, 1.54) is 0 Å². The summed E-state index contributed by atoms with van der Waals surface area (Å²) in [4.78, 5) is 4.46. The highest BCUT2D eigenvalue weighted by atomic mass is 35.5. The standard InChI is InChI=1S/C16H21Cl2N3/c1-3-19-14(11-16-20-7-8-21(16)4-2)9-12-5-6-13(17)10-15(12)18/h5-8,10,14,19H,3-4,9,11H2,1-2H3. The number of nitrogens with zero attached hydrogens (tertiary/aromatic N) is 2. The van der Waals surface area contributed by atoms with Gasteiger partial charge in [-0.1, -0.05) is 36.2 Å². The van der Waals surface area contributed by atoms with E-state index in [-0.39, 0.29) is 0 Å². The van der Waals surface area contributed by atoms with Crippen molar-refractivity contribution in [3.05, 3.63) is 52.0 Å². The molecule has 1 heterocycles. The lowest BCUT2D eigenvalue weighted by Crippen LogP contribution is -2.34. The minimum Gasteiger partial charge on any atom is -0.335 e. The third-order valence-electron chi connectivity index (χ3n) is 3.55. The van der Waals surface area contributed by atoms with Crippen LogP contribution in [0.4, 0.5) is 0 Å². The van der Waals surface area contributed by atoms with Crippen molar-refractivity contribution in [2.24, 2.45) is 0 Å². The molecular formula is C16H21Cl2N3. The molecule has 1 aromatic heterocycles. The number of aromatic nitrogens is 2. The molecule has 114 valence electrons. The molecule has 3 nitrogen and oxygen atoms in total. The lowest BCUT2D eigenvalue weighted by atomic mass is 10.0. The lowest BCUT2D eigenvalue weighted by molar-refractivity contribution is 0.499. The number of hydrogen-bond donors (Lipinski definition) is 1. The second-order valence-electron chi connectivity index (χ2n) is 5.03. The average molecular weight is 326 g/mol. The molecule has 2 aromatic rings. The zero-order valence-electron chi connectivity index (χ0n) is 12.4. The largest absolute Gasteiger partial charge is 0.335 e. The summed E-state index contributed by atoms with van der Waals surface area (Å²) in [6.45, 7) is 6.10. The highest BCUT2D eigenvalue weighted by Gasteiger charge is 2.14. The maximum atomic E-state index is 6.28. The monoisotopic (exact) mass is 325 g/mol. The van der Waals surface area contributed by atoms with Crippen LogP contribution in [0.2, 0.25) is 10.0 Å². The molecule has 0 amide bonds. The van der Waals surface area contributed by atoms with E-state index in [9.17, 15) is 0 Å². The molecule has 0 aliphatic rings. The van der Waals surface area contributed by atoms with Gasteiger partial charge in [0.25, 0.3) is 0 Å². The number of imidazole rings is 1. The van der Waals surface area contributed by atoms with Gasteiger partial charge in [0.05, 0.1) is 0 Å². The maximum Gasteiger partial charge on any atom is 0.110 e. The van der Waals surface area contributed by atoms with Gasteiger partial charge < -0.3 is 9.88 Å². The van der Waals surface area contributed by atoms with Crippen molar-refractivity contribution in [2.45, 2.75) is 39.3 Å². The van der Waals surface area contributed by atoms with Crippen molar-refractivity contribution < 1.29 is 0 Å². The van der Waals surface area contributed by atoms with Gasteiger partial charge in [0.15, 0.2) is 0 Å². The van der Waals surface area contributed by atoms with E-state index >= 15 is 0 Å². The van der Waals surface area contributed by atoms with E-state index in [1.54, 1.807) is 6.07 Å². The summed E-state index contributed by atoms with van der Waals surface area (Å²) < 4.78 is 2.17. The van der Waals surface area contributed by atoms with Crippen molar-refractivity contribution in [2.75, 3.05) is 6.54 Å². The minimum absolute atomic E-state index is 0.307. The van der Waals surface area contributed by atoms with Gasteiger partial charge in [0, 0.05) is 41.4 Å². The normalized spacial score (nSPS) is 12.6. The van der Waals surface area contributed by atoms with Crippen LogP contribution < -0.4 is 5.32 Å². The molecular weight excluding hydrogens is 305 g/mol. The minimum atomic E-state index is 0.307. The number of hydrogen-bond acceptors (Lipinski definition) is 2. The molecule has 0 aliphatic carbocycles. The Balaban J connectivity index is 2.11. The third-order valence-corrected chi connectivity index (χ3v) is 4.13. The highest BCUT2D eigenvalue weighted by Crippen LogP contribution is 2.22. The van der Waals surface area contributed by atoms with E-state index < -0.39 is 0 Å². The predicted molar refractivity (Wildman–Crippen MR) is 89.2 cm³/mol. The predicted octanol–water partition coefficient (Wildman–Crippen LogP) is 3.97. The van der Waals surface area contributed by atoms with Gasteiger partial charge >= 0.3 is 0 Å². The van der Waals surface area contributed by atoms with Crippen LogP contribution in [0.3, 0.4) is 0 Å². The Kier molecular flexibility index (Phi) is 6.09. The summed E-state index contributed by atoms with van der Waals surface area (Å²) in [7, 11) is 0. The van der Waals surface area contributed by atoms with Crippen molar-refractivity contribution in [3.63, 3.8) is 0 Å². The molecule has 1 atom stereocenters. The third kappa shape index (κ3) is 4.47. The summed E-state index contributed by atoms with van der Waals surface area (Å²) in [5.74, 6) is 1.11. The lowest BCUT2D eigenvalue weighted by Gasteiger charge is -2.19. The number of rotatable bonds is 7. The summed E-state index contributed by atoms with van der Waals surface area (Å²) in [5.41, 5.74) is 1.11. The first-order valence-electron chi connectivity index (χ1n) is 7.31. The Hall–Kier alpha value is -1.03. The molecule has 1 aromatic carbocycles. The fourth-order valence-corrected chi connectivity index (χ4v) is 2.98. The number of aryl methyl sites for hydroxylation is 1. The van der Waals surface area contributed by atoms with Crippen molar-refractivity contribution in [3.8, 4) is 0 Å². The van der Waals surface area contributed by atoms with E-state index in [1.807, 2.05) is 24.5 Å². The number of halogens is 2. The molecule has 0 bridgehead atoms. The number of benzene rings is 1. The Morgan fingerprint density at radius 1 is 1.24 bits per heavy atom. The first kappa shape index (κ1) is 16.3. The molecule has 1 N–H and O–H groups in total. The summed E-state index contributed by atoms with van der Waals surface area (Å²) in [6.07, 6.45) is 5.62. The van der Waals surface area contributed by atoms with Crippen molar-refractivity contribution in [1.82, 2.24) is 14.9 Å². The topological polar surface area (TPSA) is 29.9 Å². The van der Waals surface area contributed by atoms with Gasteiger partial charge in [-0.15, -0.1) is 0 Å². The molecule has 0 saturated carbocycles. The Bertz CT molecular complexity index is 581.